The Kier molecular flexibility index (Phi) is 5.29. The van der Waals surface area contributed by atoms with E-state index in [9.17, 15) is 4.79 Å². The van der Waals surface area contributed by atoms with Crippen LogP contribution in [0.2, 0.25) is 0 Å². The first-order valence-electron chi connectivity index (χ1n) is 8.87. The number of fused-ring (bicyclic) bond motifs is 1. The van der Waals surface area contributed by atoms with Crippen molar-refractivity contribution in [1.29, 1.82) is 0 Å². The van der Waals surface area contributed by atoms with Gasteiger partial charge in [0.15, 0.2) is 11.0 Å². The molecule has 3 aromatic heterocycles. The zero-order valence-corrected chi connectivity index (χ0v) is 16.1. The number of carbonyl (C=O) groups is 1. The molecule has 0 aliphatic heterocycles. The number of hydrogen-bond donors (Lipinski definition) is 1. The Labute approximate surface area is 166 Å². The predicted molar refractivity (Wildman–Crippen MR) is 110 cm³/mol. The zero-order valence-electron chi connectivity index (χ0n) is 15.2. The van der Waals surface area contributed by atoms with E-state index in [1.54, 1.807) is 12.4 Å². The second-order valence-corrected chi connectivity index (χ2v) is 6.93. The summed E-state index contributed by atoms with van der Waals surface area (Å²) in [6, 6.07) is 15.1. The highest BCUT2D eigenvalue weighted by molar-refractivity contribution is 7.99. The van der Waals surface area contributed by atoms with Gasteiger partial charge in [0.2, 0.25) is 5.91 Å². The first-order chi connectivity index (χ1) is 13.8. The van der Waals surface area contributed by atoms with Crippen LogP contribution in [0.25, 0.3) is 22.4 Å². The van der Waals surface area contributed by atoms with Gasteiger partial charge in [-0.15, -0.1) is 10.2 Å². The maximum Gasteiger partial charge on any atom is 0.234 e. The summed E-state index contributed by atoms with van der Waals surface area (Å²) in [5.41, 5.74) is 2.37. The van der Waals surface area contributed by atoms with Crippen LogP contribution in [-0.2, 0) is 11.3 Å². The van der Waals surface area contributed by atoms with E-state index < -0.39 is 0 Å². The SMILES string of the molecule is CCn1c(SCC(=O)Nc2ccccc2)nnc1-c1nccc2ncccc12. The number of aromatic nitrogens is 5. The van der Waals surface area contributed by atoms with E-state index in [4.69, 9.17) is 0 Å². The van der Waals surface area contributed by atoms with E-state index in [-0.39, 0.29) is 11.7 Å². The van der Waals surface area contributed by atoms with Crippen molar-refractivity contribution < 1.29 is 4.79 Å². The summed E-state index contributed by atoms with van der Waals surface area (Å²) >= 11 is 1.35. The molecule has 0 saturated heterocycles. The molecule has 0 fully saturated rings. The molecule has 1 N–H and O–H groups in total. The number of nitrogens with zero attached hydrogens (tertiary/aromatic N) is 5. The maximum absolute atomic E-state index is 12.2. The van der Waals surface area contributed by atoms with E-state index in [1.165, 1.54) is 11.8 Å². The van der Waals surface area contributed by atoms with Gasteiger partial charge in [0, 0.05) is 30.0 Å². The van der Waals surface area contributed by atoms with E-state index in [0.717, 1.165) is 22.3 Å². The molecule has 0 atom stereocenters. The molecule has 0 saturated carbocycles. The molecule has 7 nitrogen and oxygen atoms in total. The Morgan fingerprint density at radius 3 is 2.71 bits per heavy atom. The number of hydrogen-bond acceptors (Lipinski definition) is 6. The molecule has 0 aliphatic carbocycles. The van der Waals surface area contributed by atoms with Crippen LogP contribution in [0.3, 0.4) is 0 Å². The van der Waals surface area contributed by atoms with Gasteiger partial charge in [0.25, 0.3) is 0 Å². The summed E-state index contributed by atoms with van der Waals surface area (Å²) in [5.74, 6) is 0.834. The van der Waals surface area contributed by atoms with Crippen LogP contribution in [0.15, 0.2) is 66.1 Å². The van der Waals surface area contributed by atoms with E-state index in [1.807, 2.05) is 60.0 Å². The third-order valence-corrected chi connectivity index (χ3v) is 5.13. The molecule has 1 amide bonds. The van der Waals surface area contributed by atoms with Crippen LogP contribution in [-0.4, -0.2) is 36.4 Å². The number of carbonyl (C=O) groups excluding carboxylic acids is 1. The standard InChI is InChI=1S/C20H18N6OS/c1-2-26-19(18-15-9-6-11-21-16(15)10-12-22-18)24-25-20(26)28-13-17(27)23-14-7-4-3-5-8-14/h3-12H,2,13H2,1H3,(H,23,27). The van der Waals surface area contributed by atoms with E-state index in [0.29, 0.717) is 17.5 Å². The second-order valence-electron chi connectivity index (χ2n) is 5.98. The molecule has 0 radical (unpaired) electrons. The number of amides is 1. The fourth-order valence-electron chi connectivity index (χ4n) is 2.89. The second kappa shape index (κ2) is 8.18. The molecule has 140 valence electrons. The Hall–Kier alpha value is -3.26. The smallest absolute Gasteiger partial charge is 0.234 e. The highest BCUT2D eigenvalue weighted by Gasteiger charge is 2.17. The molecule has 1 aromatic carbocycles. The lowest BCUT2D eigenvalue weighted by atomic mass is 10.2. The summed E-state index contributed by atoms with van der Waals surface area (Å²) in [5, 5.41) is 13.1. The molecule has 0 bridgehead atoms. The molecule has 3 heterocycles. The fraction of sp³-hybridized carbons (Fsp3) is 0.150. The largest absolute Gasteiger partial charge is 0.325 e. The topological polar surface area (TPSA) is 85.6 Å². The fourth-order valence-corrected chi connectivity index (χ4v) is 3.69. The number of nitrogens with one attached hydrogen (secondary N) is 1. The molecular weight excluding hydrogens is 372 g/mol. The monoisotopic (exact) mass is 390 g/mol. The Morgan fingerprint density at radius 2 is 1.89 bits per heavy atom. The van der Waals surface area contributed by atoms with Crippen molar-refractivity contribution in [2.75, 3.05) is 11.1 Å². The van der Waals surface area contributed by atoms with E-state index >= 15 is 0 Å². The molecule has 28 heavy (non-hydrogen) atoms. The summed E-state index contributed by atoms with van der Waals surface area (Å²) in [4.78, 5) is 21.1. The molecule has 0 unspecified atom stereocenters. The highest BCUT2D eigenvalue weighted by Crippen LogP contribution is 2.27. The number of benzene rings is 1. The van der Waals surface area contributed by atoms with Gasteiger partial charge in [-0.25, -0.2) is 0 Å². The Morgan fingerprint density at radius 1 is 1.04 bits per heavy atom. The third-order valence-electron chi connectivity index (χ3n) is 4.16. The average Bonchev–Trinajstić information content (AvgIpc) is 3.15. The molecule has 0 spiro atoms. The summed E-state index contributed by atoms with van der Waals surface area (Å²) in [7, 11) is 0. The maximum atomic E-state index is 12.2. The lowest BCUT2D eigenvalue weighted by Gasteiger charge is -2.09. The summed E-state index contributed by atoms with van der Waals surface area (Å²) < 4.78 is 1.97. The Balaban J connectivity index is 1.55. The molecular formula is C20H18N6OS. The van der Waals surface area contributed by atoms with Gasteiger partial charge in [0.1, 0.15) is 5.69 Å². The van der Waals surface area contributed by atoms with Crippen LogP contribution in [0, 0.1) is 0 Å². The third kappa shape index (κ3) is 3.72. The van der Waals surface area contributed by atoms with Crippen LogP contribution >= 0.6 is 11.8 Å². The quantitative estimate of drug-likeness (QED) is 0.506. The minimum absolute atomic E-state index is 0.0871. The van der Waals surface area contributed by atoms with Crippen molar-refractivity contribution in [2.24, 2.45) is 0 Å². The molecule has 4 aromatic rings. The van der Waals surface area contributed by atoms with Crippen molar-refractivity contribution in [3.05, 3.63) is 60.9 Å². The lowest BCUT2D eigenvalue weighted by molar-refractivity contribution is -0.113. The van der Waals surface area contributed by atoms with Gasteiger partial charge < -0.3 is 9.88 Å². The van der Waals surface area contributed by atoms with Crippen molar-refractivity contribution in [2.45, 2.75) is 18.6 Å². The van der Waals surface area contributed by atoms with Crippen molar-refractivity contribution in [3.8, 4) is 11.5 Å². The van der Waals surface area contributed by atoms with Crippen LogP contribution in [0.4, 0.5) is 5.69 Å². The van der Waals surface area contributed by atoms with Gasteiger partial charge in [-0.3, -0.25) is 14.8 Å². The summed E-state index contributed by atoms with van der Waals surface area (Å²) in [6.45, 7) is 2.69. The number of pyridine rings is 2. The molecule has 0 aliphatic rings. The minimum Gasteiger partial charge on any atom is -0.325 e. The van der Waals surface area contributed by atoms with Crippen LogP contribution in [0.1, 0.15) is 6.92 Å². The van der Waals surface area contributed by atoms with Crippen molar-refractivity contribution in [3.63, 3.8) is 0 Å². The predicted octanol–water partition coefficient (Wildman–Crippen LogP) is 3.64. The first-order valence-corrected chi connectivity index (χ1v) is 9.86. The van der Waals surface area contributed by atoms with Gasteiger partial charge in [-0.2, -0.15) is 0 Å². The normalized spacial score (nSPS) is 10.9. The van der Waals surface area contributed by atoms with E-state index in [2.05, 4.69) is 25.5 Å². The van der Waals surface area contributed by atoms with Gasteiger partial charge >= 0.3 is 0 Å². The van der Waals surface area contributed by atoms with Crippen molar-refractivity contribution in [1.82, 2.24) is 24.7 Å². The van der Waals surface area contributed by atoms with Crippen molar-refractivity contribution >= 4 is 34.3 Å². The number of thioether (sulfide) groups is 1. The Bertz CT molecular complexity index is 1110. The van der Waals surface area contributed by atoms with Gasteiger partial charge in [0.05, 0.1) is 11.3 Å². The highest BCUT2D eigenvalue weighted by atomic mass is 32.2. The number of rotatable bonds is 6. The lowest BCUT2D eigenvalue weighted by Crippen LogP contribution is -2.14. The van der Waals surface area contributed by atoms with Crippen LogP contribution < -0.4 is 5.32 Å². The summed E-state index contributed by atoms with van der Waals surface area (Å²) in [6.07, 6.45) is 3.47. The number of para-hydroxylation sites is 1. The average molecular weight is 390 g/mol. The number of anilines is 1. The zero-order chi connectivity index (χ0) is 19.3. The minimum atomic E-state index is -0.0871. The van der Waals surface area contributed by atoms with Gasteiger partial charge in [-0.05, 0) is 37.3 Å². The van der Waals surface area contributed by atoms with Gasteiger partial charge in [-0.1, -0.05) is 30.0 Å². The first kappa shape index (κ1) is 18.1. The molecule has 4 rings (SSSR count). The molecule has 8 heteroatoms. The van der Waals surface area contributed by atoms with Crippen LogP contribution in [0.5, 0.6) is 0 Å².